The number of nitrogens with one attached hydrogen (secondary N) is 1. The van der Waals surface area contributed by atoms with E-state index in [0.29, 0.717) is 5.69 Å². The summed E-state index contributed by atoms with van der Waals surface area (Å²) in [5.41, 5.74) is 6.07. The van der Waals surface area contributed by atoms with E-state index in [2.05, 4.69) is 10.3 Å². The number of primary amides is 1. The molecule has 7 heteroatoms. The highest BCUT2D eigenvalue weighted by atomic mass is 16.3. The van der Waals surface area contributed by atoms with Crippen molar-refractivity contribution < 1.29 is 14.7 Å². The number of rotatable bonds is 4. The van der Waals surface area contributed by atoms with Crippen molar-refractivity contribution in [3.8, 4) is 5.75 Å². The molecule has 0 atom stereocenters. The van der Waals surface area contributed by atoms with Gasteiger partial charge >= 0.3 is 0 Å². The van der Waals surface area contributed by atoms with Crippen LogP contribution in [0.2, 0.25) is 0 Å². The fourth-order valence-electron chi connectivity index (χ4n) is 2.45. The summed E-state index contributed by atoms with van der Waals surface area (Å²) in [5.74, 6) is -0.759. The van der Waals surface area contributed by atoms with Crippen LogP contribution in [0.5, 0.6) is 5.75 Å². The summed E-state index contributed by atoms with van der Waals surface area (Å²) in [5, 5.41) is 12.6. The Balaban J connectivity index is 1.90. The molecule has 1 aromatic heterocycles. The van der Waals surface area contributed by atoms with Crippen LogP contribution in [0.4, 0.5) is 0 Å². The summed E-state index contributed by atoms with van der Waals surface area (Å²) in [7, 11) is 0. The van der Waals surface area contributed by atoms with Crippen LogP contribution in [-0.2, 0) is 4.79 Å². The minimum atomic E-state index is -0.338. The second-order valence-electron chi connectivity index (χ2n) is 5.33. The first kappa shape index (κ1) is 15.2. The molecule has 7 nitrogen and oxygen atoms in total. The molecular weight excluding hydrogens is 272 g/mol. The zero-order valence-electron chi connectivity index (χ0n) is 12.0. The molecular formula is C14H20N4O3. The van der Waals surface area contributed by atoms with Crippen molar-refractivity contribution in [1.82, 2.24) is 15.2 Å². The van der Waals surface area contributed by atoms with Crippen LogP contribution in [0.25, 0.3) is 0 Å². The first-order chi connectivity index (χ1) is 9.95. The van der Waals surface area contributed by atoms with Gasteiger partial charge in [0.25, 0.3) is 5.91 Å². The highest BCUT2D eigenvalue weighted by Gasteiger charge is 2.22. The number of hydrogen-bond acceptors (Lipinski definition) is 5. The molecule has 1 saturated heterocycles. The molecule has 0 aliphatic carbocycles. The molecule has 2 amide bonds. The number of carbonyl (C=O) groups excluding carboxylic acids is 2. The van der Waals surface area contributed by atoms with E-state index in [4.69, 9.17) is 5.73 Å². The summed E-state index contributed by atoms with van der Waals surface area (Å²) in [6, 6.07) is 1.60. The van der Waals surface area contributed by atoms with Crippen LogP contribution in [0, 0.1) is 6.92 Å². The van der Waals surface area contributed by atoms with Crippen molar-refractivity contribution in [2.24, 2.45) is 5.73 Å². The zero-order valence-corrected chi connectivity index (χ0v) is 12.0. The number of nitrogens with zero attached hydrogens (tertiary/aromatic N) is 2. The Morgan fingerprint density at radius 3 is 2.76 bits per heavy atom. The van der Waals surface area contributed by atoms with E-state index in [1.165, 1.54) is 6.20 Å². The standard InChI is InChI=1S/C14H20N4O3/c1-9-6-11(12(19)7-16-9)14(21)17-10-2-4-18(5-3-10)8-13(15)20/h6-7,10,19H,2-5,8H2,1H3,(H2,15,20)(H,17,21). The molecule has 1 aromatic rings. The fraction of sp³-hybridized carbons (Fsp3) is 0.500. The van der Waals surface area contributed by atoms with E-state index in [-0.39, 0.29) is 35.7 Å². The summed E-state index contributed by atoms with van der Waals surface area (Å²) in [6.07, 6.45) is 2.79. The third-order valence-electron chi connectivity index (χ3n) is 3.57. The molecule has 1 aliphatic heterocycles. The number of hydrogen-bond donors (Lipinski definition) is 3. The first-order valence-electron chi connectivity index (χ1n) is 6.93. The van der Waals surface area contributed by atoms with Crippen molar-refractivity contribution in [3.05, 3.63) is 23.5 Å². The average Bonchev–Trinajstić information content (AvgIpc) is 2.43. The predicted octanol–water partition coefficient (Wildman–Crippen LogP) is -0.225. The van der Waals surface area contributed by atoms with Gasteiger partial charge in [0.15, 0.2) is 0 Å². The predicted molar refractivity (Wildman–Crippen MR) is 76.8 cm³/mol. The maximum Gasteiger partial charge on any atom is 0.255 e. The van der Waals surface area contributed by atoms with Gasteiger partial charge in [-0.3, -0.25) is 19.5 Å². The molecule has 0 saturated carbocycles. The van der Waals surface area contributed by atoms with Crippen LogP contribution in [0.1, 0.15) is 28.9 Å². The molecule has 0 radical (unpaired) electrons. The van der Waals surface area contributed by atoms with Crippen molar-refractivity contribution in [2.45, 2.75) is 25.8 Å². The highest BCUT2D eigenvalue weighted by molar-refractivity contribution is 5.96. The van der Waals surface area contributed by atoms with Gasteiger partial charge < -0.3 is 16.2 Å². The van der Waals surface area contributed by atoms with Crippen molar-refractivity contribution in [2.75, 3.05) is 19.6 Å². The molecule has 2 rings (SSSR count). The number of pyridine rings is 1. The Kier molecular flexibility index (Phi) is 4.74. The smallest absolute Gasteiger partial charge is 0.255 e. The third kappa shape index (κ3) is 4.16. The molecule has 0 aromatic carbocycles. The third-order valence-corrected chi connectivity index (χ3v) is 3.57. The van der Waals surface area contributed by atoms with E-state index in [0.717, 1.165) is 25.9 Å². The normalized spacial score (nSPS) is 16.6. The van der Waals surface area contributed by atoms with E-state index in [1.807, 2.05) is 4.90 Å². The summed E-state index contributed by atoms with van der Waals surface area (Å²) >= 11 is 0. The SMILES string of the molecule is Cc1cc(C(=O)NC2CCN(CC(N)=O)CC2)c(O)cn1. The zero-order chi connectivity index (χ0) is 15.4. The van der Waals surface area contributed by atoms with Crippen LogP contribution in [-0.4, -0.2) is 52.5 Å². The summed E-state index contributed by atoms with van der Waals surface area (Å²) in [4.78, 5) is 28.9. The number of carbonyl (C=O) groups is 2. The second kappa shape index (κ2) is 6.53. The van der Waals surface area contributed by atoms with Gasteiger partial charge in [-0.2, -0.15) is 0 Å². The topological polar surface area (TPSA) is 109 Å². The monoisotopic (exact) mass is 292 g/mol. The minimum absolute atomic E-state index is 0.0366. The number of aryl methyl sites for hydroxylation is 1. The van der Waals surface area contributed by atoms with Gasteiger partial charge in [-0.05, 0) is 25.8 Å². The molecule has 0 unspecified atom stereocenters. The second-order valence-corrected chi connectivity index (χ2v) is 5.33. The van der Waals surface area contributed by atoms with Crippen molar-refractivity contribution >= 4 is 11.8 Å². The molecule has 1 aliphatic rings. The lowest BCUT2D eigenvalue weighted by Gasteiger charge is -2.31. The molecule has 1 fully saturated rings. The first-order valence-corrected chi connectivity index (χ1v) is 6.93. The van der Waals surface area contributed by atoms with Gasteiger partial charge in [-0.25, -0.2) is 0 Å². The maximum atomic E-state index is 12.2. The van der Waals surface area contributed by atoms with Gasteiger partial charge in [0.05, 0.1) is 18.3 Å². The minimum Gasteiger partial charge on any atom is -0.505 e. The summed E-state index contributed by atoms with van der Waals surface area (Å²) < 4.78 is 0. The lowest BCUT2D eigenvalue weighted by Crippen LogP contribution is -2.46. The van der Waals surface area contributed by atoms with E-state index < -0.39 is 0 Å². The lowest BCUT2D eigenvalue weighted by molar-refractivity contribution is -0.119. The molecule has 2 heterocycles. The molecule has 0 bridgehead atoms. The number of amides is 2. The molecule has 21 heavy (non-hydrogen) atoms. The Bertz CT molecular complexity index is 539. The van der Waals surface area contributed by atoms with Crippen LogP contribution in [0.3, 0.4) is 0 Å². The Morgan fingerprint density at radius 1 is 1.48 bits per heavy atom. The maximum absolute atomic E-state index is 12.2. The van der Waals surface area contributed by atoms with Gasteiger partial charge in [0.2, 0.25) is 5.91 Å². The van der Waals surface area contributed by atoms with Crippen LogP contribution < -0.4 is 11.1 Å². The quantitative estimate of drug-likeness (QED) is 0.710. The number of likely N-dealkylation sites (tertiary alicyclic amines) is 1. The molecule has 0 spiro atoms. The number of piperidine rings is 1. The summed E-state index contributed by atoms with van der Waals surface area (Å²) in [6.45, 7) is 3.45. The van der Waals surface area contributed by atoms with Gasteiger partial charge in [-0.1, -0.05) is 0 Å². The van der Waals surface area contributed by atoms with Gasteiger partial charge in [0, 0.05) is 24.8 Å². The Labute approximate surface area is 123 Å². The van der Waals surface area contributed by atoms with E-state index in [9.17, 15) is 14.7 Å². The van der Waals surface area contributed by atoms with Gasteiger partial charge in [0.1, 0.15) is 5.75 Å². The molecule has 114 valence electrons. The Hall–Kier alpha value is -2.15. The number of aromatic hydroxyl groups is 1. The van der Waals surface area contributed by atoms with Gasteiger partial charge in [-0.15, -0.1) is 0 Å². The largest absolute Gasteiger partial charge is 0.505 e. The number of nitrogens with two attached hydrogens (primary N) is 1. The fourth-order valence-corrected chi connectivity index (χ4v) is 2.45. The number of aromatic nitrogens is 1. The van der Waals surface area contributed by atoms with Crippen LogP contribution in [0.15, 0.2) is 12.3 Å². The highest BCUT2D eigenvalue weighted by Crippen LogP contribution is 2.17. The van der Waals surface area contributed by atoms with Crippen LogP contribution >= 0.6 is 0 Å². The van der Waals surface area contributed by atoms with E-state index >= 15 is 0 Å². The van der Waals surface area contributed by atoms with Crippen molar-refractivity contribution in [3.63, 3.8) is 0 Å². The molecule has 4 N–H and O–H groups in total. The van der Waals surface area contributed by atoms with Crippen molar-refractivity contribution in [1.29, 1.82) is 0 Å². The Morgan fingerprint density at radius 2 is 2.14 bits per heavy atom. The lowest BCUT2D eigenvalue weighted by atomic mass is 10.0. The average molecular weight is 292 g/mol. The van der Waals surface area contributed by atoms with E-state index in [1.54, 1.807) is 13.0 Å².